The van der Waals surface area contributed by atoms with Crippen molar-refractivity contribution in [2.45, 2.75) is 44.9 Å². The number of furan rings is 1. The van der Waals surface area contributed by atoms with Gasteiger partial charge in [0.2, 0.25) is 0 Å². The predicted octanol–water partition coefficient (Wildman–Crippen LogP) is 4.02. The number of benzene rings is 1. The molecule has 4 atom stereocenters. The van der Waals surface area contributed by atoms with Gasteiger partial charge in [-0.25, -0.2) is 0 Å². The van der Waals surface area contributed by atoms with Gasteiger partial charge >= 0.3 is 0 Å². The van der Waals surface area contributed by atoms with Gasteiger partial charge in [0.15, 0.2) is 11.5 Å². The Morgan fingerprint density at radius 3 is 2.64 bits per heavy atom. The van der Waals surface area contributed by atoms with Crippen molar-refractivity contribution < 1.29 is 18.7 Å². The van der Waals surface area contributed by atoms with E-state index in [1.54, 1.807) is 17.2 Å². The zero-order valence-corrected chi connectivity index (χ0v) is 15.8. The quantitative estimate of drug-likeness (QED) is 0.811. The van der Waals surface area contributed by atoms with E-state index in [1.165, 1.54) is 0 Å². The minimum atomic E-state index is -0.431. The van der Waals surface area contributed by atoms with Crippen LogP contribution in [-0.4, -0.2) is 22.7 Å². The van der Waals surface area contributed by atoms with Gasteiger partial charge in [0.05, 0.1) is 30.3 Å². The van der Waals surface area contributed by atoms with E-state index in [-0.39, 0.29) is 29.5 Å². The minimum Gasteiger partial charge on any atom is -0.483 e. The molecule has 3 aliphatic rings. The van der Waals surface area contributed by atoms with Crippen LogP contribution in [0.5, 0.6) is 0 Å². The van der Waals surface area contributed by atoms with Crippen molar-refractivity contribution in [2.75, 3.05) is 0 Å². The molecule has 1 aromatic carbocycles. The predicted molar refractivity (Wildman–Crippen MR) is 102 cm³/mol. The monoisotopic (exact) mass is 377 g/mol. The number of Topliss-reactive ketones (excluding diaryl/α,β-unsaturated/α-hetero) is 1. The number of ketones is 1. The molecule has 1 aliphatic carbocycles. The third-order valence-electron chi connectivity index (χ3n) is 6.23. The van der Waals surface area contributed by atoms with Gasteiger partial charge in [0.25, 0.3) is 5.91 Å². The van der Waals surface area contributed by atoms with Crippen molar-refractivity contribution in [3.8, 4) is 0 Å². The number of ether oxygens (including phenoxy) is 1. The summed E-state index contributed by atoms with van der Waals surface area (Å²) < 4.78 is 11.7. The van der Waals surface area contributed by atoms with Crippen molar-refractivity contribution in [1.29, 1.82) is 0 Å². The lowest BCUT2D eigenvalue weighted by atomic mass is 9.74. The first-order chi connectivity index (χ1) is 13.6. The fourth-order valence-electron chi connectivity index (χ4n) is 4.84. The van der Waals surface area contributed by atoms with E-state index < -0.39 is 6.04 Å². The maximum atomic E-state index is 13.5. The molecule has 28 heavy (non-hydrogen) atoms. The van der Waals surface area contributed by atoms with Crippen LogP contribution in [-0.2, 0) is 20.9 Å². The third-order valence-corrected chi connectivity index (χ3v) is 6.23. The summed E-state index contributed by atoms with van der Waals surface area (Å²) >= 11 is 0. The van der Waals surface area contributed by atoms with E-state index >= 15 is 0 Å². The average molecular weight is 377 g/mol. The number of rotatable bonds is 3. The molecule has 0 bridgehead atoms. The summed E-state index contributed by atoms with van der Waals surface area (Å²) in [6.07, 6.45) is 4.11. The molecule has 1 fully saturated rings. The molecule has 4 unspecified atom stereocenters. The molecular formula is C23H23NO4. The second-order valence-corrected chi connectivity index (χ2v) is 8.11. The zero-order chi connectivity index (χ0) is 19.3. The van der Waals surface area contributed by atoms with Gasteiger partial charge in [-0.2, -0.15) is 0 Å². The second-order valence-electron chi connectivity index (χ2n) is 8.11. The van der Waals surface area contributed by atoms with Crippen LogP contribution < -0.4 is 0 Å². The summed E-state index contributed by atoms with van der Waals surface area (Å²) in [5.74, 6) is 1.16. The molecule has 1 saturated carbocycles. The van der Waals surface area contributed by atoms with E-state index in [0.29, 0.717) is 23.8 Å². The molecule has 0 spiro atoms. The second kappa shape index (κ2) is 6.66. The Hall–Kier alpha value is -2.82. The van der Waals surface area contributed by atoms with Crippen LogP contribution in [0.3, 0.4) is 0 Å². The Bertz CT molecular complexity index is 931. The van der Waals surface area contributed by atoms with Crippen molar-refractivity contribution in [2.24, 2.45) is 11.8 Å². The molecular weight excluding hydrogens is 354 g/mol. The lowest BCUT2D eigenvalue weighted by molar-refractivity contribution is -0.136. The zero-order valence-electron chi connectivity index (χ0n) is 15.8. The fourth-order valence-corrected chi connectivity index (χ4v) is 4.84. The molecule has 5 heteroatoms. The highest BCUT2D eigenvalue weighted by atomic mass is 16.5. The lowest BCUT2D eigenvalue weighted by Crippen LogP contribution is -2.41. The number of nitrogens with zero attached hydrogens (tertiary/aromatic N) is 1. The van der Waals surface area contributed by atoms with Gasteiger partial charge in [-0.05, 0) is 42.9 Å². The van der Waals surface area contributed by atoms with E-state index in [1.807, 2.05) is 36.4 Å². The minimum absolute atomic E-state index is 0.0851. The molecule has 1 aromatic heterocycles. The molecule has 3 heterocycles. The van der Waals surface area contributed by atoms with Crippen LogP contribution in [0.15, 0.2) is 64.5 Å². The van der Waals surface area contributed by atoms with Gasteiger partial charge in [0.1, 0.15) is 11.9 Å². The standard InChI is InChI=1S/C23H23NO4/c1-14-9-10-18-17(12-14)21(25)19-20(15-6-3-2-4-7-15)24(23(26)22(19)28-18)13-16-8-5-11-27-16/h2-8,11,14,17-18,20H,9-10,12-13H2,1H3. The van der Waals surface area contributed by atoms with Crippen LogP contribution in [0.25, 0.3) is 0 Å². The average Bonchev–Trinajstić information content (AvgIpc) is 3.31. The summed E-state index contributed by atoms with van der Waals surface area (Å²) in [6, 6.07) is 12.9. The Balaban J connectivity index is 1.58. The topological polar surface area (TPSA) is 59.8 Å². The number of amides is 1. The van der Waals surface area contributed by atoms with E-state index in [4.69, 9.17) is 9.15 Å². The smallest absolute Gasteiger partial charge is 0.290 e. The highest BCUT2D eigenvalue weighted by molar-refractivity contribution is 6.11. The van der Waals surface area contributed by atoms with Crippen molar-refractivity contribution in [3.63, 3.8) is 0 Å². The molecule has 144 valence electrons. The molecule has 2 aliphatic heterocycles. The molecule has 2 aromatic rings. The van der Waals surface area contributed by atoms with Crippen molar-refractivity contribution in [1.82, 2.24) is 4.90 Å². The van der Waals surface area contributed by atoms with E-state index in [2.05, 4.69) is 6.92 Å². The van der Waals surface area contributed by atoms with E-state index in [9.17, 15) is 9.59 Å². The first-order valence-corrected chi connectivity index (χ1v) is 9.97. The molecule has 0 N–H and O–H groups in total. The maximum absolute atomic E-state index is 13.5. The largest absolute Gasteiger partial charge is 0.483 e. The van der Waals surface area contributed by atoms with Crippen LogP contribution in [0, 0.1) is 11.8 Å². The molecule has 0 saturated heterocycles. The Morgan fingerprint density at radius 2 is 1.89 bits per heavy atom. The Labute approximate surface area is 164 Å². The van der Waals surface area contributed by atoms with Gasteiger partial charge in [-0.1, -0.05) is 37.3 Å². The van der Waals surface area contributed by atoms with Crippen LogP contribution in [0.1, 0.15) is 43.6 Å². The first-order valence-electron chi connectivity index (χ1n) is 9.97. The van der Waals surface area contributed by atoms with Crippen molar-refractivity contribution >= 4 is 11.7 Å². The summed E-state index contributed by atoms with van der Waals surface area (Å²) in [4.78, 5) is 28.5. The van der Waals surface area contributed by atoms with Crippen molar-refractivity contribution in [3.05, 3.63) is 71.4 Å². The molecule has 0 radical (unpaired) electrons. The number of fused-ring (bicyclic) bond motifs is 1. The summed E-state index contributed by atoms with van der Waals surface area (Å²) in [5, 5.41) is 0. The lowest BCUT2D eigenvalue weighted by Gasteiger charge is -2.37. The third kappa shape index (κ3) is 2.68. The number of carbonyl (C=O) groups excluding carboxylic acids is 2. The van der Waals surface area contributed by atoms with Gasteiger partial charge in [-0.15, -0.1) is 0 Å². The highest BCUT2D eigenvalue weighted by Crippen LogP contribution is 2.47. The molecule has 5 rings (SSSR count). The molecule has 5 nitrogen and oxygen atoms in total. The van der Waals surface area contributed by atoms with E-state index in [0.717, 1.165) is 24.8 Å². The van der Waals surface area contributed by atoms with Crippen LogP contribution in [0.4, 0.5) is 0 Å². The summed E-state index contributed by atoms with van der Waals surface area (Å²) in [7, 11) is 0. The molecule has 1 amide bonds. The number of hydrogen-bond acceptors (Lipinski definition) is 4. The number of carbonyl (C=O) groups is 2. The van der Waals surface area contributed by atoms with Crippen LogP contribution >= 0.6 is 0 Å². The fraction of sp³-hybridized carbons (Fsp3) is 0.391. The SMILES string of the molecule is CC1CCC2OC3=C(C(=O)C2C1)C(c1ccccc1)N(Cc1ccco1)C3=O. The Morgan fingerprint density at radius 1 is 1.07 bits per heavy atom. The van der Waals surface area contributed by atoms with Gasteiger partial charge in [0, 0.05) is 0 Å². The summed E-state index contributed by atoms with van der Waals surface area (Å²) in [5.41, 5.74) is 1.45. The van der Waals surface area contributed by atoms with Crippen LogP contribution in [0.2, 0.25) is 0 Å². The maximum Gasteiger partial charge on any atom is 0.290 e. The number of hydrogen-bond donors (Lipinski definition) is 0. The van der Waals surface area contributed by atoms with Gasteiger partial charge < -0.3 is 14.1 Å². The Kier molecular flexibility index (Phi) is 4.11. The summed E-state index contributed by atoms with van der Waals surface area (Å²) in [6.45, 7) is 2.49. The normalized spacial score (nSPS) is 29.5. The van der Waals surface area contributed by atoms with Gasteiger partial charge in [-0.3, -0.25) is 9.59 Å². The highest BCUT2D eigenvalue weighted by Gasteiger charge is 2.52. The first kappa shape index (κ1) is 17.3.